The number of carbonyl (C=O) groups excluding carboxylic acids is 1. The minimum atomic E-state index is -0.425. The zero-order valence-electron chi connectivity index (χ0n) is 12.7. The summed E-state index contributed by atoms with van der Waals surface area (Å²) in [5, 5.41) is 0. The highest BCUT2D eigenvalue weighted by atomic mass is 16.5. The van der Waals surface area contributed by atoms with Gasteiger partial charge >= 0.3 is 11.7 Å². The van der Waals surface area contributed by atoms with E-state index in [1.54, 1.807) is 23.4 Å². The molecule has 22 heavy (non-hydrogen) atoms. The largest absolute Gasteiger partial charge is 0.465 e. The Balaban J connectivity index is 2.13. The third kappa shape index (κ3) is 1.92. The fourth-order valence-corrected chi connectivity index (χ4v) is 2.72. The fraction of sp³-hybridized carbons (Fsp3) is 0.538. The Labute approximate surface area is 125 Å². The van der Waals surface area contributed by atoms with Crippen molar-refractivity contribution in [2.24, 2.45) is 14.1 Å². The van der Waals surface area contributed by atoms with Crippen LogP contribution in [0.4, 0.5) is 5.95 Å². The first kappa shape index (κ1) is 14.4. The molecule has 0 saturated heterocycles. The van der Waals surface area contributed by atoms with Gasteiger partial charge in [-0.2, -0.15) is 4.98 Å². The molecular formula is C13H17N5O4. The SMILES string of the molecule is CCOC(=O)CN1CCn2c1nc1c2c(=O)n(C)c(=O)n1C. The zero-order valence-corrected chi connectivity index (χ0v) is 12.7. The van der Waals surface area contributed by atoms with Crippen LogP contribution in [0, 0.1) is 0 Å². The van der Waals surface area contributed by atoms with Crippen LogP contribution in [0.15, 0.2) is 9.59 Å². The van der Waals surface area contributed by atoms with Crippen molar-refractivity contribution in [2.75, 3.05) is 24.6 Å². The van der Waals surface area contributed by atoms with Crippen molar-refractivity contribution in [3.8, 4) is 0 Å². The maximum absolute atomic E-state index is 12.3. The average molecular weight is 307 g/mol. The highest BCUT2D eigenvalue weighted by molar-refractivity contribution is 5.79. The lowest BCUT2D eigenvalue weighted by Gasteiger charge is -2.14. The molecule has 0 N–H and O–H groups in total. The topological polar surface area (TPSA) is 91.4 Å². The van der Waals surface area contributed by atoms with E-state index in [4.69, 9.17) is 4.74 Å². The first-order valence-corrected chi connectivity index (χ1v) is 7.02. The summed E-state index contributed by atoms with van der Waals surface area (Å²) in [7, 11) is 3.01. The smallest absolute Gasteiger partial charge is 0.332 e. The molecule has 0 amide bonds. The molecule has 3 rings (SSSR count). The van der Waals surface area contributed by atoms with E-state index in [1.165, 1.54) is 11.6 Å². The standard InChI is InChI=1S/C13H17N5O4/c1-4-22-8(19)7-17-5-6-18-9-10(14-12(17)18)15(2)13(21)16(3)11(9)20/h4-7H2,1-3H3. The second-order valence-corrected chi connectivity index (χ2v) is 5.17. The van der Waals surface area contributed by atoms with E-state index in [9.17, 15) is 14.4 Å². The van der Waals surface area contributed by atoms with Crippen LogP contribution in [0.2, 0.25) is 0 Å². The van der Waals surface area contributed by atoms with Crippen LogP contribution in [0.5, 0.6) is 0 Å². The van der Waals surface area contributed by atoms with Gasteiger partial charge in [0.25, 0.3) is 5.56 Å². The van der Waals surface area contributed by atoms with Gasteiger partial charge in [0.15, 0.2) is 11.2 Å². The third-order valence-corrected chi connectivity index (χ3v) is 3.83. The molecule has 2 aromatic heterocycles. The molecule has 0 spiro atoms. The van der Waals surface area contributed by atoms with Gasteiger partial charge in [-0.05, 0) is 6.92 Å². The molecule has 0 unspecified atom stereocenters. The molecular weight excluding hydrogens is 290 g/mol. The van der Waals surface area contributed by atoms with Gasteiger partial charge in [-0.25, -0.2) is 4.79 Å². The maximum Gasteiger partial charge on any atom is 0.332 e. The van der Waals surface area contributed by atoms with E-state index in [-0.39, 0.29) is 18.1 Å². The van der Waals surface area contributed by atoms with E-state index in [0.717, 1.165) is 4.57 Å². The summed E-state index contributed by atoms with van der Waals surface area (Å²) in [4.78, 5) is 42.1. The zero-order chi connectivity index (χ0) is 16.0. The Morgan fingerprint density at radius 1 is 1.23 bits per heavy atom. The molecule has 118 valence electrons. The Morgan fingerprint density at radius 2 is 1.95 bits per heavy atom. The van der Waals surface area contributed by atoms with Gasteiger partial charge in [-0.1, -0.05) is 0 Å². The molecule has 9 nitrogen and oxygen atoms in total. The predicted octanol–water partition coefficient (Wildman–Crippen LogP) is -1.18. The van der Waals surface area contributed by atoms with Crippen molar-refractivity contribution in [3.63, 3.8) is 0 Å². The van der Waals surface area contributed by atoms with Crippen LogP contribution >= 0.6 is 0 Å². The molecule has 0 bridgehead atoms. The third-order valence-electron chi connectivity index (χ3n) is 3.83. The number of aromatic nitrogens is 4. The van der Waals surface area contributed by atoms with Gasteiger partial charge in [-0.15, -0.1) is 0 Å². The molecule has 0 radical (unpaired) electrons. The number of imidazole rings is 1. The van der Waals surface area contributed by atoms with Crippen molar-refractivity contribution >= 4 is 23.1 Å². The van der Waals surface area contributed by atoms with Crippen molar-refractivity contribution in [3.05, 3.63) is 20.8 Å². The van der Waals surface area contributed by atoms with Gasteiger partial charge in [0, 0.05) is 27.2 Å². The quantitative estimate of drug-likeness (QED) is 0.663. The van der Waals surface area contributed by atoms with Crippen LogP contribution < -0.4 is 16.1 Å². The molecule has 1 aliphatic heterocycles. The summed E-state index contributed by atoms with van der Waals surface area (Å²) >= 11 is 0. The highest BCUT2D eigenvalue weighted by Crippen LogP contribution is 2.24. The van der Waals surface area contributed by atoms with Crippen LogP contribution in [-0.4, -0.2) is 44.4 Å². The number of anilines is 1. The number of hydrogen-bond donors (Lipinski definition) is 0. The normalized spacial score (nSPS) is 13.7. The van der Waals surface area contributed by atoms with Gasteiger partial charge in [0.1, 0.15) is 6.54 Å². The monoisotopic (exact) mass is 307 g/mol. The lowest BCUT2D eigenvalue weighted by atomic mass is 10.5. The molecule has 2 aromatic rings. The van der Waals surface area contributed by atoms with Crippen molar-refractivity contribution in [2.45, 2.75) is 13.5 Å². The van der Waals surface area contributed by atoms with E-state index in [0.29, 0.717) is 36.8 Å². The summed E-state index contributed by atoms with van der Waals surface area (Å²) < 4.78 is 9.08. The number of esters is 1. The Morgan fingerprint density at radius 3 is 2.64 bits per heavy atom. The van der Waals surface area contributed by atoms with Crippen molar-refractivity contribution in [1.82, 2.24) is 18.7 Å². The van der Waals surface area contributed by atoms with Crippen LogP contribution in [0.25, 0.3) is 11.2 Å². The highest BCUT2D eigenvalue weighted by Gasteiger charge is 2.28. The summed E-state index contributed by atoms with van der Waals surface area (Å²) in [5.74, 6) is 0.172. The number of fused-ring (bicyclic) bond motifs is 3. The van der Waals surface area contributed by atoms with E-state index in [2.05, 4.69) is 4.98 Å². The maximum atomic E-state index is 12.3. The molecule has 0 atom stereocenters. The number of aryl methyl sites for hydroxylation is 1. The summed E-state index contributed by atoms with van der Waals surface area (Å²) in [6.45, 7) is 3.25. The minimum absolute atomic E-state index is 0.0748. The summed E-state index contributed by atoms with van der Waals surface area (Å²) in [6, 6.07) is 0. The number of hydrogen-bond acceptors (Lipinski definition) is 6. The lowest BCUT2D eigenvalue weighted by molar-refractivity contribution is -0.141. The average Bonchev–Trinajstić information content (AvgIpc) is 3.03. The Kier molecular flexibility index (Phi) is 3.27. The number of carbonyl (C=O) groups is 1. The first-order valence-electron chi connectivity index (χ1n) is 7.02. The minimum Gasteiger partial charge on any atom is -0.465 e. The summed E-state index contributed by atoms with van der Waals surface area (Å²) in [5.41, 5.74) is -0.0938. The number of nitrogens with zero attached hydrogens (tertiary/aromatic N) is 5. The Bertz CT molecular complexity index is 875. The number of ether oxygens (including phenoxy) is 1. The van der Waals surface area contributed by atoms with Crippen LogP contribution in [0.1, 0.15) is 6.92 Å². The number of rotatable bonds is 3. The van der Waals surface area contributed by atoms with E-state index < -0.39 is 5.69 Å². The molecule has 9 heteroatoms. The van der Waals surface area contributed by atoms with Crippen molar-refractivity contribution in [1.29, 1.82) is 0 Å². The summed E-state index contributed by atoms with van der Waals surface area (Å²) in [6.07, 6.45) is 0. The van der Waals surface area contributed by atoms with Gasteiger partial charge in [0.2, 0.25) is 5.95 Å². The van der Waals surface area contributed by atoms with Gasteiger partial charge in [-0.3, -0.25) is 18.7 Å². The first-order chi connectivity index (χ1) is 10.5. The molecule has 0 fully saturated rings. The lowest BCUT2D eigenvalue weighted by Crippen LogP contribution is -2.37. The van der Waals surface area contributed by atoms with Crippen molar-refractivity contribution < 1.29 is 9.53 Å². The van der Waals surface area contributed by atoms with Crippen LogP contribution in [-0.2, 0) is 30.2 Å². The van der Waals surface area contributed by atoms with Gasteiger partial charge in [0.05, 0.1) is 6.61 Å². The van der Waals surface area contributed by atoms with E-state index in [1.807, 2.05) is 0 Å². The Hall–Kier alpha value is -2.58. The molecule has 0 aliphatic carbocycles. The second kappa shape index (κ2) is 5.00. The molecule has 3 heterocycles. The predicted molar refractivity (Wildman–Crippen MR) is 79.1 cm³/mol. The van der Waals surface area contributed by atoms with Gasteiger partial charge < -0.3 is 14.2 Å². The van der Waals surface area contributed by atoms with E-state index >= 15 is 0 Å². The van der Waals surface area contributed by atoms with Crippen LogP contribution in [0.3, 0.4) is 0 Å². The second-order valence-electron chi connectivity index (χ2n) is 5.17. The molecule has 0 aromatic carbocycles. The fourth-order valence-electron chi connectivity index (χ4n) is 2.72. The molecule has 0 saturated carbocycles. The molecule has 1 aliphatic rings.